The van der Waals surface area contributed by atoms with Crippen molar-refractivity contribution in [3.8, 4) is 16.9 Å². The zero-order valence-electron chi connectivity index (χ0n) is 33.8. The summed E-state index contributed by atoms with van der Waals surface area (Å²) in [7, 11) is -2.14. The Kier molecular flexibility index (Phi) is 16.0. The highest BCUT2D eigenvalue weighted by molar-refractivity contribution is 6.74. The Balaban J connectivity index is 1.36. The van der Waals surface area contributed by atoms with Gasteiger partial charge in [-0.15, -0.1) is 0 Å². The summed E-state index contributed by atoms with van der Waals surface area (Å²) >= 11 is 0. The Morgan fingerprint density at radius 1 is 0.818 bits per heavy atom. The number of aliphatic carboxylic acids is 1. The van der Waals surface area contributed by atoms with Crippen LogP contribution < -0.4 is 4.74 Å². The molecule has 1 aliphatic heterocycles. The van der Waals surface area contributed by atoms with Gasteiger partial charge in [0.1, 0.15) is 18.5 Å². The first-order valence-electron chi connectivity index (χ1n) is 20.6. The standard InChI is InChI=1S/C46H64O8Si/c1-46(2,3)55(4,5)54-38(33-51-37-20-12-9-13-21-37)29-30-40-39(22-14-6-7-15-23-43(47)48)42(32-41(40)52-44-24-16-17-31-50-44)53-45(49)36-27-25-35(26-28-36)34-18-10-8-11-19-34/h8-13,18-21,25-28,38-42,44H,6-7,14-17,22-24,29-33H2,1-5H3,(H,47,48)/t38-,39-,40-,41?,42+,44?/m1/s1. The first-order chi connectivity index (χ1) is 26.4. The van der Waals surface area contributed by atoms with Crippen LogP contribution in [0.25, 0.3) is 11.1 Å². The fourth-order valence-corrected chi connectivity index (χ4v) is 9.11. The van der Waals surface area contributed by atoms with Gasteiger partial charge in [0, 0.05) is 25.4 Å². The van der Waals surface area contributed by atoms with E-state index in [0.29, 0.717) is 31.6 Å². The number of hydrogen-bond donors (Lipinski definition) is 1. The number of carbonyl (C=O) groups is 2. The molecule has 3 aromatic carbocycles. The molecule has 3 aromatic rings. The highest BCUT2D eigenvalue weighted by atomic mass is 28.4. The number of carboxylic acid groups (broad SMARTS) is 1. The van der Waals surface area contributed by atoms with E-state index >= 15 is 0 Å². The zero-order chi connectivity index (χ0) is 39.3. The van der Waals surface area contributed by atoms with Gasteiger partial charge < -0.3 is 28.5 Å². The van der Waals surface area contributed by atoms with Crippen LogP contribution in [-0.4, -0.2) is 63.2 Å². The second kappa shape index (κ2) is 20.6. The van der Waals surface area contributed by atoms with Gasteiger partial charge in [-0.2, -0.15) is 0 Å². The lowest BCUT2D eigenvalue weighted by Gasteiger charge is -2.40. The molecule has 0 bridgehead atoms. The van der Waals surface area contributed by atoms with E-state index in [1.165, 1.54) is 0 Å². The Bertz CT molecular complexity index is 1580. The van der Waals surface area contributed by atoms with Crippen LogP contribution >= 0.6 is 0 Å². The molecular weight excluding hydrogens is 709 g/mol. The smallest absolute Gasteiger partial charge is 0.338 e. The van der Waals surface area contributed by atoms with Gasteiger partial charge in [0.15, 0.2) is 14.6 Å². The van der Waals surface area contributed by atoms with E-state index in [2.05, 4.69) is 46.0 Å². The molecule has 8 nitrogen and oxygen atoms in total. The van der Waals surface area contributed by atoms with Crippen LogP contribution in [-0.2, 0) is 23.4 Å². The third-order valence-electron chi connectivity index (χ3n) is 11.9. The first-order valence-corrected chi connectivity index (χ1v) is 23.5. The molecule has 2 fully saturated rings. The van der Waals surface area contributed by atoms with Gasteiger partial charge in [0.2, 0.25) is 0 Å². The third kappa shape index (κ3) is 13.0. The maximum atomic E-state index is 13.8. The zero-order valence-corrected chi connectivity index (χ0v) is 34.8. The van der Waals surface area contributed by atoms with E-state index in [0.717, 1.165) is 74.7 Å². The summed E-state index contributed by atoms with van der Waals surface area (Å²) in [6, 6.07) is 27.7. The average Bonchev–Trinajstić information content (AvgIpc) is 3.48. The van der Waals surface area contributed by atoms with Crippen molar-refractivity contribution in [2.24, 2.45) is 11.8 Å². The van der Waals surface area contributed by atoms with Gasteiger partial charge >= 0.3 is 11.9 Å². The van der Waals surface area contributed by atoms with Crippen LogP contribution in [0, 0.1) is 11.8 Å². The van der Waals surface area contributed by atoms with Gasteiger partial charge in [-0.05, 0) is 104 Å². The monoisotopic (exact) mass is 772 g/mol. The Labute approximate surface area is 330 Å². The molecule has 1 aliphatic carbocycles. The number of carboxylic acids is 1. The van der Waals surface area contributed by atoms with E-state index in [9.17, 15) is 9.59 Å². The van der Waals surface area contributed by atoms with Crippen LogP contribution in [0.3, 0.4) is 0 Å². The molecule has 300 valence electrons. The lowest BCUT2D eigenvalue weighted by molar-refractivity contribution is -0.196. The second-order valence-electron chi connectivity index (χ2n) is 17.0. The molecule has 0 spiro atoms. The number of carbonyl (C=O) groups excluding carboxylic acids is 1. The lowest BCUT2D eigenvalue weighted by Crippen LogP contribution is -2.45. The van der Waals surface area contributed by atoms with Crippen molar-refractivity contribution in [3.05, 3.63) is 90.5 Å². The fourth-order valence-electron chi connectivity index (χ4n) is 7.73. The Morgan fingerprint density at radius 3 is 2.13 bits per heavy atom. The van der Waals surface area contributed by atoms with E-state index in [4.69, 9.17) is 28.5 Å². The van der Waals surface area contributed by atoms with Crippen LogP contribution in [0.15, 0.2) is 84.9 Å². The maximum absolute atomic E-state index is 13.8. The summed E-state index contributed by atoms with van der Waals surface area (Å²) < 4.78 is 32.8. The van der Waals surface area contributed by atoms with Crippen LogP contribution in [0.2, 0.25) is 18.1 Å². The van der Waals surface area contributed by atoms with Crippen LogP contribution in [0.1, 0.15) is 108 Å². The van der Waals surface area contributed by atoms with Crippen molar-refractivity contribution in [1.82, 2.24) is 0 Å². The molecule has 0 amide bonds. The third-order valence-corrected chi connectivity index (χ3v) is 16.4. The molecule has 2 unspecified atom stereocenters. The minimum Gasteiger partial charge on any atom is -0.491 e. The van der Waals surface area contributed by atoms with E-state index < -0.39 is 14.3 Å². The molecule has 1 heterocycles. The van der Waals surface area contributed by atoms with Crippen LogP contribution in [0.5, 0.6) is 5.75 Å². The number of rotatable bonds is 20. The topological polar surface area (TPSA) is 101 Å². The van der Waals surface area contributed by atoms with Crippen LogP contribution in [0.4, 0.5) is 0 Å². The minimum atomic E-state index is -2.14. The van der Waals surface area contributed by atoms with Crippen molar-refractivity contribution < 1.29 is 38.1 Å². The largest absolute Gasteiger partial charge is 0.491 e. The van der Waals surface area contributed by atoms with Crippen molar-refractivity contribution >= 4 is 20.3 Å². The molecular formula is C46H64O8Si. The molecule has 0 aromatic heterocycles. The van der Waals surface area contributed by atoms with Crippen molar-refractivity contribution in [3.63, 3.8) is 0 Å². The minimum absolute atomic E-state index is 0.0388. The summed E-state index contributed by atoms with van der Waals surface area (Å²) in [5.41, 5.74) is 2.68. The van der Waals surface area contributed by atoms with Gasteiger partial charge in [0.25, 0.3) is 0 Å². The quantitative estimate of drug-likeness (QED) is 0.0688. The molecule has 1 saturated carbocycles. The number of hydrogen-bond acceptors (Lipinski definition) is 7. The molecule has 2 aliphatic rings. The Morgan fingerprint density at radius 2 is 1.47 bits per heavy atom. The van der Waals surface area contributed by atoms with Gasteiger partial charge in [-0.3, -0.25) is 4.79 Å². The molecule has 55 heavy (non-hydrogen) atoms. The van der Waals surface area contributed by atoms with Gasteiger partial charge in [0.05, 0.1) is 17.8 Å². The number of esters is 1. The normalized spacial score (nSPS) is 22.2. The van der Waals surface area contributed by atoms with E-state index in [1.807, 2.05) is 72.8 Å². The van der Waals surface area contributed by atoms with Crippen molar-refractivity contribution in [2.75, 3.05) is 13.2 Å². The molecule has 1 saturated heterocycles. The predicted molar refractivity (Wildman–Crippen MR) is 220 cm³/mol. The molecule has 6 atom stereocenters. The van der Waals surface area contributed by atoms with Gasteiger partial charge in [-0.1, -0.05) is 101 Å². The second-order valence-corrected chi connectivity index (χ2v) is 21.7. The summed E-state index contributed by atoms with van der Waals surface area (Å²) in [5.74, 6) is -0.0586. The number of para-hydroxylation sites is 1. The molecule has 1 N–H and O–H groups in total. The highest BCUT2D eigenvalue weighted by Crippen LogP contribution is 2.45. The average molecular weight is 773 g/mol. The maximum Gasteiger partial charge on any atom is 0.338 e. The van der Waals surface area contributed by atoms with Crippen molar-refractivity contribution in [2.45, 2.75) is 141 Å². The lowest BCUT2D eigenvalue weighted by atomic mass is 9.84. The Hall–Kier alpha value is -3.50. The summed E-state index contributed by atoms with van der Waals surface area (Å²) in [6.07, 6.45) is 8.78. The first kappa shape index (κ1) is 42.6. The molecule has 9 heteroatoms. The van der Waals surface area contributed by atoms with Crippen molar-refractivity contribution in [1.29, 1.82) is 0 Å². The molecule has 0 radical (unpaired) electrons. The number of benzene rings is 3. The SMILES string of the molecule is CC(C)(C)[Si](C)(C)O[C@H](CC[C@H]1C(OC2CCCCO2)C[C@H](OC(=O)c2ccc(-c3ccccc3)cc2)[C@@H]1CCCCCCC(=O)O)COc1ccccc1. The number of unbranched alkanes of at least 4 members (excludes halogenated alkanes) is 3. The summed E-state index contributed by atoms with van der Waals surface area (Å²) in [6.45, 7) is 12.5. The summed E-state index contributed by atoms with van der Waals surface area (Å²) in [4.78, 5) is 25.0. The fraction of sp³-hybridized carbons (Fsp3) is 0.565. The number of ether oxygens (including phenoxy) is 4. The van der Waals surface area contributed by atoms with E-state index in [1.54, 1.807) is 0 Å². The highest BCUT2D eigenvalue weighted by Gasteiger charge is 2.47. The molecule has 5 rings (SSSR count). The van der Waals surface area contributed by atoms with Gasteiger partial charge in [-0.25, -0.2) is 4.79 Å². The van der Waals surface area contributed by atoms with E-state index in [-0.39, 0.29) is 53.9 Å². The summed E-state index contributed by atoms with van der Waals surface area (Å²) in [5, 5.41) is 9.20. The predicted octanol–water partition coefficient (Wildman–Crippen LogP) is 11.1.